The van der Waals surface area contributed by atoms with E-state index in [1.807, 2.05) is 7.05 Å². The van der Waals surface area contributed by atoms with Gasteiger partial charge in [-0.25, -0.2) is 4.98 Å². The molecule has 3 rings (SSSR count). The van der Waals surface area contributed by atoms with E-state index in [1.165, 1.54) is 19.3 Å². The molecule has 0 saturated heterocycles. The predicted octanol–water partition coefficient (Wildman–Crippen LogP) is 3.34. The van der Waals surface area contributed by atoms with Gasteiger partial charge in [-0.1, -0.05) is 13.3 Å². The third-order valence-corrected chi connectivity index (χ3v) is 4.60. The van der Waals surface area contributed by atoms with Crippen LogP contribution in [-0.2, 0) is 0 Å². The summed E-state index contributed by atoms with van der Waals surface area (Å²) in [6.45, 7) is 3.34. The largest absolute Gasteiger partial charge is 0.369 e. The molecular weight excluding hydrogens is 244 g/mol. The number of aromatic nitrogens is 2. The lowest BCUT2D eigenvalue weighted by Gasteiger charge is -2.38. The van der Waals surface area contributed by atoms with Crippen LogP contribution in [0.1, 0.15) is 26.2 Å². The minimum Gasteiger partial charge on any atom is -0.369 e. The molecule has 0 radical (unpaired) electrons. The zero-order valence-electron chi connectivity index (χ0n) is 10.8. The molecule has 2 aromatic rings. The zero-order valence-corrected chi connectivity index (χ0v) is 11.6. The van der Waals surface area contributed by atoms with Crippen LogP contribution in [0.15, 0.2) is 11.4 Å². The first-order chi connectivity index (χ1) is 8.70. The molecule has 2 N–H and O–H groups in total. The number of rotatable bonds is 4. The van der Waals surface area contributed by atoms with Crippen molar-refractivity contribution in [3.05, 3.63) is 11.4 Å². The summed E-state index contributed by atoms with van der Waals surface area (Å²) in [5.74, 6) is 1.64. The van der Waals surface area contributed by atoms with Crippen molar-refractivity contribution in [1.29, 1.82) is 0 Å². The van der Waals surface area contributed by atoms with E-state index in [0.717, 1.165) is 22.6 Å². The lowest BCUT2D eigenvalue weighted by molar-refractivity contribution is 0.180. The Kier molecular flexibility index (Phi) is 2.86. The van der Waals surface area contributed by atoms with E-state index < -0.39 is 0 Å². The first-order valence-electron chi connectivity index (χ1n) is 6.37. The topological polar surface area (TPSA) is 49.8 Å². The van der Waals surface area contributed by atoms with Crippen molar-refractivity contribution in [2.24, 2.45) is 5.41 Å². The van der Waals surface area contributed by atoms with Gasteiger partial charge in [-0.2, -0.15) is 4.98 Å². The summed E-state index contributed by atoms with van der Waals surface area (Å²) in [5.41, 5.74) is 0.451. The van der Waals surface area contributed by atoms with Crippen molar-refractivity contribution in [2.75, 3.05) is 24.2 Å². The van der Waals surface area contributed by atoms with Crippen molar-refractivity contribution < 1.29 is 0 Å². The number of thiophene rings is 1. The van der Waals surface area contributed by atoms with Crippen LogP contribution in [0.5, 0.6) is 0 Å². The van der Waals surface area contributed by atoms with E-state index in [-0.39, 0.29) is 0 Å². The fraction of sp³-hybridized carbons (Fsp3) is 0.538. The van der Waals surface area contributed by atoms with Gasteiger partial charge >= 0.3 is 0 Å². The van der Waals surface area contributed by atoms with Crippen molar-refractivity contribution in [1.82, 2.24) is 9.97 Å². The Bertz CT molecular complexity index is 559. The molecule has 0 unspecified atom stereocenters. The van der Waals surface area contributed by atoms with Gasteiger partial charge in [0.2, 0.25) is 5.95 Å². The molecule has 0 spiro atoms. The maximum Gasteiger partial charge on any atom is 0.225 e. The SMILES string of the molecule is CNc1nc(NCC2(C)CCC2)c2ccsc2n1. The first kappa shape index (κ1) is 11.7. The van der Waals surface area contributed by atoms with Gasteiger partial charge in [0.05, 0.1) is 5.39 Å². The minimum absolute atomic E-state index is 0.451. The Morgan fingerprint density at radius 3 is 2.89 bits per heavy atom. The lowest BCUT2D eigenvalue weighted by Crippen LogP contribution is -2.33. The predicted molar refractivity (Wildman–Crippen MR) is 77.4 cm³/mol. The van der Waals surface area contributed by atoms with Crippen LogP contribution in [0.3, 0.4) is 0 Å². The molecule has 2 heterocycles. The van der Waals surface area contributed by atoms with E-state index in [1.54, 1.807) is 11.3 Å². The molecular formula is C13H18N4S. The van der Waals surface area contributed by atoms with Crippen LogP contribution in [0.2, 0.25) is 0 Å². The summed E-state index contributed by atoms with van der Waals surface area (Å²) >= 11 is 1.65. The zero-order chi connectivity index (χ0) is 12.6. The smallest absolute Gasteiger partial charge is 0.225 e. The molecule has 4 nitrogen and oxygen atoms in total. The van der Waals surface area contributed by atoms with Gasteiger partial charge in [-0.15, -0.1) is 11.3 Å². The Balaban J connectivity index is 1.87. The third kappa shape index (κ3) is 2.03. The summed E-state index contributed by atoms with van der Waals surface area (Å²) in [6, 6.07) is 2.09. The molecule has 1 aliphatic carbocycles. The number of anilines is 2. The number of hydrogen-bond acceptors (Lipinski definition) is 5. The van der Waals surface area contributed by atoms with Crippen molar-refractivity contribution >= 4 is 33.3 Å². The Hall–Kier alpha value is -1.36. The van der Waals surface area contributed by atoms with E-state index in [4.69, 9.17) is 0 Å². The molecule has 18 heavy (non-hydrogen) atoms. The van der Waals surface area contributed by atoms with Gasteiger partial charge in [-0.05, 0) is 29.7 Å². The van der Waals surface area contributed by atoms with E-state index in [9.17, 15) is 0 Å². The van der Waals surface area contributed by atoms with Crippen LogP contribution in [-0.4, -0.2) is 23.6 Å². The average molecular weight is 262 g/mol. The molecule has 0 atom stereocenters. The van der Waals surface area contributed by atoms with Crippen molar-refractivity contribution in [2.45, 2.75) is 26.2 Å². The number of hydrogen-bond donors (Lipinski definition) is 2. The van der Waals surface area contributed by atoms with Gasteiger partial charge in [0.25, 0.3) is 0 Å². The molecule has 1 saturated carbocycles. The van der Waals surface area contributed by atoms with E-state index >= 15 is 0 Å². The monoisotopic (exact) mass is 262 g/mol. The summed E-state index contributed by atoms with van der Waals surface area (Å²) < 4.78 is 0. The summed E-state index contributed by atoms with van der Waals surface area (Å²) in [4.78, 5) is 10.0. The van der Waals surface area contributed by atoms with Gasteiger partial charge < -0.3 is 10.6 Å². The Morgan fingerprint density at radius 2 is 2.22 bits per heavy atom. The molecule has 1 aliphatic rings. The van der Waals surface area contributed by atoms with Gasteiger partial charge in [0.15, 0.2) is 0 Å². The Labute approximate surface area is 111 Å². The third-order valence-electron chi connectivity index (χ3n) is 3.79. The van der Waals surface area contributed by atoms with Crippen LogP contribution in [0.4, 0.5) is 11.8 Å². The standard InChI is InChI=1S/C13H18N4S/c1-13(5-3-6-13)8-15-10-9-4-7-18-11(9)17-12(14-2)16-10/h4,7H,3,5-6,8H2,1-2H3,(H2,14,15,16,17). The molecule has 5 heteroatoms. The first-order valence-corrected chi connectivity index (χ1v) is 7.25. The van der Waals surface area contributed by atoms with Crippen molar-refractivity contribution in [3.63, 3.8) is 0 Å². The van der Waals surface area contributed by atoms with Crippen LogP contribution in [0.25, 0.3) is 10.2 Å². The highest BCUT2D eigenvalue weighted by molar-refractivity contribution is 7.16. The average Bonchev–Trinajstić information content (AvgIpc) is 2.81. The maximum atomic E-state index is 4.53. The molecule has 0 bridgehead atoms. The number of fused-ring (bicyclic) bond motifs is 1. The summed E-state index contributed by atoms with van der Waals surface area (Å²) in [7, 11) is 1.85. The second kappa shape index (κ2) is 4.39. The van der Waals surface area contributed by atoms with Crippen molar-refractivity contribution in [3.8, 4) is 0 Å². The quantitative estimate of drug-likeness (QED) is 0.887. The fourth-order valence-corrected chi connectivity index (χ4v) is 3.12. The fourth-order valence-electron chi connectivity index (χ4n) is 2.36. The van der Waals surface area contributed by atoms with E-state index in [2.05, 4.69) is 39.0 Å². The van der Waals surface area contributed by atoms with Gasteiger partial charge in [0.1, 0.15) is 10.6 Å². The highest BCUT2D eigenvalue weighted by Gasteiger charge is 2.31. The summed E-state index contributed by atoms with van der Waals surface area (Å²) in [5, 5.41) is 9.72. The number of nitrogens with one attached hydrogen (secondary N) is 2. The number of nitrogens with zero attached hydrogens (tertiary/aromatic N) is 2. The molecule has 0 amide bonds. The van der Waals surface area contributed by atoms with Crippen LogP contribution < -0.4 is 10.6 Å². The lowest BCUT2D eigenvalue weighted by atomic mass is 9.70. The molecule has 2 aromatic heterocycles. The highest BCUT2D eigenvalue weighted by Crippen LogP contribution is 2.40. The second-order valence-corrected chi connectivity index (χ2v) is 6.20. The second-order valence-electron chi connectivity index (χ2n) is 5.30. The molecule has 0 aliphatic heterocycles. The minimum atomic E-state index is 0.451. The normalized spacial score (nSPS) is 17.4. The molecule has 0 aromatic carbocycles. The van der Waals surface area contributed by atoms with Crippen LogP contribution >= 0.6 is 11.3 Å². The van der Waals surface area contributed by atoms with E-state index in [0.29, 0.717) is 11.4 Å². The maximum absolute atomic E-state index is 4.53. The van der Waals surface area contributed by atoms with Gasteiger partial charge in [0, 0.05) is 13.6 Å². The van der Waals surface area contributed by atoms with Gasteiger partial charge in [-0.3, -0.25) is 0 Å². The summed E-state index contributed by atoms with van der Waals surface area (Å²) in [6.07, 6.45) is 3.99. The molecule has 1 fully saturated rings. The van der Waals surface area contributed by atoms with Crippen LogP contribution in [0, 0.1) is 5.41 Å². The Morgan fingerprint density at radius 1 is 1.39 bits per heavy atom. The highest BCUT2D eigenvalue weighted by atomic mass is 32.1. The molecule has 96 valence electrons.